The Bertz CT molecular complexity index is 557. The molecule has 1 heterocycles. The normalized spacial score (nSPS) is 12.4. The second-order valence-electron chi connectivity index (χ2n) is 4.28. The van der Waals surface area contributed by atoms with Crippen LogP contribution in [-0.2, 0) is 0 Å². The van der Waals surface area contributed by atoms with E-state index in [-0.39, 0.29) is 11.9 Å². The molecular formula is C14H15ClFN3. The third kappa shape index (κ3) is 3.28. The average Bonchev–Trinajstić information content (AvgIpc) is 2.38. The summed E-state index contributed by atoms with van der Waals surface area (Å²) in [4.78, 5) is 8.53. The van der Waals surface area contributed by atoms with Crippen LogP contribution >= 0.6 is 11.6 Å². The zero-order valence-corrected chi connectivity index (χ0v) is 11.6. The lowest BCUT2D eigenvalue weighted by Gasteiger charge is -2.17. The van der Waals surface area contributed by atoms with E-state index in [1.807, 2.05) is 13.8 Å². The van der Waals surface area contributed by atoms with Crippen molar-refractivity contribution in [3.63, 3.8) is 0 Å². The smallest absolute Gasteiger partial charge is 0.149 e. The maximum Gasteiger partial charge on any atom is 0.149 e. The van der Waals surface area contributed by atoms with E-state index in [0.29, 0.717) is 23.0 Å². The molecule has 1 atom stereocenters. The number of hydrogen-bond acceptors (Lipinski definition) is 3. The van der Waals surface area contributed by atoms with Crippen molar-refractivity contribution in [3.05, 3.63) is 58.4 Å². The summed E-state index contributed by atoms with van der Waals surface area (Å²) in [5.41, 5.74) is 1.46. The van der Waals surface area contributed by atoms with Crippen LogP contribution in [0.5, 0.6) is 0 Å². The zero-order chi connectivity index (χ0) is 13.8. The first kappa shape index (κ1) is 13.9. The second-order valence-corrected chi connectivity index (χ2v) is 4.71. The number of nitrogens with zero attached hydrogens (tertiary/aromatic N) is 2. The molecule has 0 aliphatic heterocycles. The fourth-order valence-electron chi connectivity index (χ4n) is 1.83. The van der Waals surface area contributed by atoms with Crippen molar-refractivity contribution in [2.75, 3.05) is 6.54 Å². The van der Waals surface area contributed by atoms with Crippen molar-refractivity contribution >= 4 is 11.6 Å². The highest BCUT2D eigenvalue weighted by Crippen LogP contribution is 2.24. The molecule has 0 aliphatic rings. The Labute approximate surface area is 116 Å². The quantitative estimate of drug-likeness (QED) is 0.933. The van der Waals surface area contributed by atoms with Gasteiger partial charge in [0.25, 0.3) is 0 Å². The molecule has 0 saturated carbocycles. The van der Waals surface area contributed by atoms with Crippen molar-refractivity contribution in [2.24, 2.45) is 0 Å². The monoisotopic (exact) mass is 279 g/mol. The molecule has 100 valence electrons. The van der Waals surface area contributed by atoms with Crippen molar-refractivity contribution in [2.45, 2.75) is 19.9 Å². The molecule has 3 nitrogen and oxygen atoms in total. The van der Waals surface area contributed by atoms with Crippen LogP contribution in [0.15, 0.2) is 30.6 Å². The van der Waals surface area contributed by atoms with Crippen molar-refractivity contribution in [3.8, 4) is 0 Å². The zero-order valence-electron chi connectivity index (χ0n) is 10.8. The molecule has 19 heavy (non-hydrogen) atoms. The van der Waals surface area contributed by atoms with E-state index in [4.69, 9.17) is 11.6 Å². The Balaban J connectivity index is 2.41. The first-order valence-corrected chi connectivity index (χ1v) is 6.46. The molecular weight excluding hydrogens is 265 g/mol. The van der Waals surface area contributed by atoms with E-state index < -0.39 is 0 Å². The summed E-state index contributed by atoms with van der Waals surface area (Å²) in [7, 11) is 0. The van der Waals surface area contributed by atoms with Gasteiger partial charge in [-0.15, -0.1) is 0 Å². The lowest BCUT2D eigenvalue weighted by molar-refractivity contribution is 0.542. The van der Waals surface area contributed by atoms with Gasteiger partial charge in [0, 0.05) is 23.0 Å². The van der Waals surface area contributed by atoms with Gasteiger partial charge in [0.1, 0.15) is 11.6 Å². The molecule has 2 aromatic rings. The Kier molecular flexibility index (Phi) is 4.45. The number of nitrogens with one attached hydrogen (secondary N) is 1. The van der Waals surface area contributed by atoms with E-state index in [1.165, 1.54) is 6.07 Å². The lowest BCUT2D eigenvalue weighted by atomic mass is 10.1. The van der Waals surface area contributed by atoms with Crippen LogP contribution in [0.3, 0.4) is 0 Å². The minimum atomic E-state index is -0.372. The van der Waals surface area contributed by atoms with Crippen molar-refractivity contribution in [1.29, 1.82) is 0 Å². The fraction of sp³-hybridized carbons (Fsp3) is 0.286. The number of hydrogen-bond donors (Lipinski definition) is 1. The third-order valence-electron chi connectivity index (χ3n) is 2.74. The predicted octanol–water partition coefficient (Wildman–Crippen LogP) is 3.28. The summed E-state index contributed by atoms with van der Waals surface area (Å²) < 4.78 is 14.0. The van der Waals surface area contributed by atoms with Gasteiger partial charge in [-0.05, 0) is 31.2 Å². The van der Waals surface area contributed by atoms with Gasteiger partial charge in [-0.1, -0.05) is 24.6 Å². The van der Waals surface area contributed by atoms with Crippen LogP contribution in [0.4, 0.5) is 4.39 Å². The summed E-state index contributed by atoms with van der Waals surface area (Å²) in [6, 6.07) is 4.25. The molecule has 0 spiro atoms. The number of aromatic nitrogens is 2. The van der Waals surface area contributed by atoms with Crippen LogP contribution in [0.2, 0.25) is 5.02 Å². The molecule has 0 amide bonds. The van der Waals surface area contributed by atoms with Crippen molar-refractivity contribution < 1.29 is 4.39 Å². The molecule has 0 bridgehead atoms. The second kappa shape index (κ2) is 6.08. The van der Waals surface area contributed by atoms with Crippen LogP contribution in [0.1, 0.15) is 29.9 Å². The minimum Gasteiger partial charge on any atom is -0.304 e. The van der Waals surface area contributed by atoms with Gasteiger partial charge in [-0.2, -0.15) is 0 Å². The molecule has 0 radical (unpaired) electrons. The summed E-state index contributed by atoms with van der Waals surface area (Å²) in [5, 5.41) is 3.56. The van der Waals surface area contributed by atoms with Gasteiger partial charge in [-0.3, -0.25) is 0 Å². The van der Waals surface area contributed by atoms with Crippen LogP contribution < -0.4 is 5.32 Å². The number of halogens is 2. The number of aryl methyl sites for hydroxylation is 1. The van der Waals surface area contributed by atoms with E-state index in [9.17, 15) is 4.39 Å². The Morgan fingerprint density at radius 1 is 1.32 bits per heavy atom. The van der Waals surface area contributed by atoms with Gasteiger partial charge in [-0.25, -0.2) is 14.4 Å². The standard InChI is InChI=1S/C14H15ClFN3/c1-3-17-13(14-18-7-9(2)8-19-14)11-5-4-10(15)6-12(11)16/h4-8,13,17H,3H2,1-2H3. The molecule has 1 aromatic carbocycles. The molecule has 0 aliphatic carbocycles. The minimum absolute atomic E-state index is 0.359. The number of benzene rings is 1. The number of rotatable bonds is 4. The topological polar surface area (TPSA) is 37.8 Å². The highest BCUT2D eigenvalue weighted by molar-refractivity contribution is 6.30. The van der Waals surface area contributed by atoms with Crippen LogP contribution in [0, 0.1) is 12.7 Å². The largest absolute Gasteiger partial charge is 0.304 e. The van der Waals surface area contributed by atoms with Gasteiger partial charge in [0.05, 0.1) is 6.04 Å². The molecule has 0 fully saturated rings. The molecule has 5 heteroatoms. The van der Waals surface area contributed by atoms with Gasteiger partial charge in [0.15, 0.2) is 0 Å². The Morgan fingerprint density at radius 2 is 2.00 bits per heavy atom. The van der Waals surface area contributed by atoms with E-state index >= 15 is 0 Å². The summed E-state index contributed by atoms with van der Waals surface area (Å²) in [5.74, 6) is 0.191. The summed E-state index contributed by atoms with van der Waals surface area (Å²) >= 11 is 5.77. The van der Waals surface area contributed by atoms with Crippen molar-refractivity contribution in [1.82, 2.24) is 15.3 Å². The Hall–Kier alpha value is -1.52. The maximum atomic E-state index is 14.0. The average molecular weight is 280 g/mol. The molecule has 1 unspecified atom stereocenters. The summed E-state index contributed by atoms with van der Waals surface area (Å²) in [6.45, 7) is 4.55. The highest BCUT2D eigenvalue weighted by atomic mass is 35.5. The Morgan fingerprint density at radius 3 is 2.58 bits per heavy atom. The first-order chi connectivity index (χ1) is 9.11. The van der Waals surface area contributed by atoms with Gasteiger partial charge >= 0.3 is 0 Å². The highest BCUT2D eigenvalue weighted by Gasteiger charge is 2.19. The summed E-state index contributed by atoms with van der Waals surface area (Å²) in [6.07, 6.45) is 3.45. The molecule has 1 aromatic heterocycles. The third-order valence-corrected chi connectivity index (χ3v) is 2.98. The molecule has 0 saturated heterocycles. The maximum absolute atomic E-state index is 14.0. The molecule has 1 N–H and O–H groups in total. The van der Waals surface area contributed by atoms with Gasteiger partial charge in [0.2, 0.25) is 0 Å². The van der Waals surface area contributed by atoms with Crippen LogP contribution in [0.25, 0.3) is 0 Å². The van der Waals surface area contributed by atoms with E-state index in [1.54, 1.807) is 24.5 Å². The SMILES string of the molecule is CCNC(c1ncc(C)cn1)c1ccc(Cl)cc1F. The predicted molar refractivity (Wildman–Crippen MR) is 73.7 cm³/mol. The fourth-order valence-corrected chi connectivity index (χ4v) is 1.99. The van der Waals surface area contributed by atoms with E-state index in [0.717, 1.165) is 5.56 Å². The van der Waals surface area contributed by atoms with Crippen LogP contribution in [-0.4, -0.2) is 16.5 Å². The van der Waals surface area contributed by atoms with E-state index in [2.05, 4.69) is 15.3 Å². The molecule has 2 rings (SSSR count). The first-order valence-electron chi connectivity index (χ1n) is 6.08. The lowest BCUT2D eigenvalue weighted by Crippen LogP contribution is -2.25. The van der Waals surface area contributed by atoms with Gasteiger partial charge < -0.3 is 5.32 Å².